The highest BCUT2D eigenvalue weighted by Gasteiger charge is 2.15. The molecule has 4 nitrogen and oxygen atoms in total. The van der Waals surface area contributed by atoms with Gasteiger partial charge in [0, 0.05) is 29.2 Å². The van der Waals surface area contributed by atoms with E-state index in [4.69, 9.17) is 27.9 Å². The lowest BCUT2D eigenvalue weighted by atomic mass is 10.2. The van der Waals surface area contributed by atoms with E-state index in [1.807, 2.05) is 70.9 Å². The third kappa shape index (κ3) is 3.00. The van der Waals surface area contributed by atoms with Gasteiger partial charge in [-0.05, 0) is 59.3 Å². The Bertz CT molecular complexity index is 1090. The van der Waals surface area contributed by atoms with Crippen LogP contribution in [0.3, 0.4) is 0 Å². The number of fused-ring (bicyclic) bond motifs is 1. The van der Waals surface area contributed by atoms with Crippen LogP contribution in [0.15, 0.2) is 59.6 Å². The molecular weight excluding hydrogens is 437 g/mol. The minimum absolute atomic E-state index is 0.246. The fourth-order valence-electron chi connectivity index (χ4n) is 2.80. The topological polar surface area (TPSA) is 31.5 Å². The van der Waals surface area contributed by atoms with Crippen molar-refractivity contribution < 1.29 is 4.74 Å². The summed E-state index contributed by atoms with van der Waals surface area (Å²) in [5, 5.41) is 1.14. The van der Waals surface area contributed by atoms with Gasteiger partial charge in [-0.1, -0.05) is 23.2 Å². The second-order valence-corrected chi connectivity index (χ2v) is 7.33. The van der Waals surface area contributed by atoms with Crippen molar-refractivity contribution in [3.05, 3.63) is 80.9 Å². The monoisotopic (exact) mass is 449 g/mol. The summed E-state index contributed by atoms with van der Waals surface area (Å²) in [6.07, 6.45) is 5.80. The Kier molecular flexibility index (Phi) is 4.69. The van der Waals surface area contributed by atoms with Crippen molar-refractivity contribution in [1.29, 1.82) is 0 Å². The molecule has 0 N–H and O–H groups in total. The van der Waals surface area contributed by atoms with Gasteiger partial charge in [-0.2, -0.15) is 0 Å². The van der Waals surface area contributed by atoms with E-state index in [-0.39, 0.29) is 6.61 Å². The summed E-state index contributed by atoms with van der Waals surface area (Å²) in [5.74, 6) is 0.666. The maximum atomic E-state index is 6.61. The van der Waals surface area contributed by atoms with Crippen LogP contribution in [0.5, 0.6) is 5.75 Å². The van der Waals surface area contributed by atoms with Gasteiger partial charge in [0.15, 0.2) is 11.4 Å². The Morgan fingerprint density at radius 2 is 1.85 bits per heavy atom. The van der Waals surface area contributed by atoms with Crippen molar-refractivity contribution in [2.45, 2.75) is 13.5 Å². The Labute approximate surface area is 169 Å². The second kappa shape index (κ2) is 6.99. The number of imidazole rings is 1. The lowest BCUT2D eigenvalue weighted by molar-refractivity contribution is 0.308. The fraction of sp³-hybridized carbons (Fsp3) is 0.105. The normalized spacial score (nSPS) is 11.2. The van der Waals surface area contributed by atoms with Gasteiger partial charge in [0.25, 0.3) is 0 Å². The number of pyridine rings is 1. The molecule has 0 saturated carbocycles. The van der Waals surface area contributed by atoms with Crippen LogP contribution in [-0.4, -0.2) is 14.0 Å². The average molecular weight is 451 g/mol. The molecule has 1 aromatic carbocycles. The van der Waals surface area contributed by atoms with Crippen LogP contribution < -0.4 is 4.74 Å². The molecule has 7 heteroatoms. The van der Waals surface area contributed by atoms with Gasteiger partial charge in [-0.3, -0.25) is 4.40 Å². The van der Waals surface area contributed by atoms with E-state index in [0.717, 1.165) is 27.2 Å². The summed E-state index contributed by atoms with van der Waals surface area (Å²) in [6.45, 7) is 2.19. The number of rotatable bonds is 4. The maximum Gasteiger partial charge on any atom is 0.180 e. The number of ether oxygens (including phenoxy) is 1. The van der Waals surface area contributed by atoms with Gasteiger partial charge in [0.1, 0.15) is 11.2 Å². The van der Waals surface area contributed by atoms with Gasteiger partial charge in [-0.15, -0.1) is 0 Å². The highest BCUT2D eigenvalue weighted by Crippen LogP contribution is 2.33. The van der Waals surface area contributed by atoms with Crippen molar-refractivity contribution in [3.63, 3.8) is 0 Å². The number of aromatic nitrogens is 3. The Morgan fingerprint density at radius 1 is 1.08 bits per heavy atom. The van der Waals surface area contributed by atoms with Gasteiger partial charge in [0.2, 0.25) is 0 Å². The number of benzene rings is 1. The lowest BCUT2D eigenvalue weighted by Crippen LogP contribution is -2.02. The second-order valence-electron chi connectivity index (χ2n) is 5.79. The minimum atomic E-state index is 0.246. The lowest BCUT2D eigenvalue weighted by Gasteiger charge is -2.14. The van der Waals surface area contributed by atoms with Crippen molar-refractivity contribution in [1.82, 2.24) is 14.0 Å². The molecule has 132 valence electrons. The predicted octanol–water partition coefficient (Wildman–Crippen LogP) is 6.08. The molecule has 0 saturated heterocycles. The average Bonchev–Trinajstić information content (AvgIpc) is 3.25. The third-order valence-corrected chi connectivity index (χ3v) is 5.87. The molecule has 4 aromatic rings. The molecule has 0 aliphatic carbocycles. The molecule has 0 amide bonds. The molecule has 0 radical (unpaired) electrons. The summed E-state index contributed by atoms with van der Waals surface area (Å²) in [7, 11) is 0. The molecule has 0 fully saturated rings. The fourth-order valence-corrected chi connectivity index (χ4v) is 3.75. The van der Waals surface area contributed by atoms with Gasteiger partial charge >= 0.3 is 0 Å². The van der Waals surface area contributed by atoms with Crippen LogP contribution in [0.4, 0.5) is 0 Å². The van der Waals surface area contributed by atoms with Crippen LogP contribution in [-0.2, 0) is 6.61 Å². The first-order chi connectivity index (χ1) is 12.6. The van der Waals surface area contributed by atoms with Crippen LogP contribution >= 0.6 is 39.1 Å². The van der Waals surface area contributed by atoms with E-state index < -0.39 is 0 Å². The molecular formula is C19H14BrCl2N3O. The first-order valence-corrected chi connectivity index (χ1v) is 9.47. The summed E-state index contributed by atoms with van der Waals surface area (Å²) < 4.78 is 10.8. The minimum Gasteiger partial charge on any atom is -0.485 e. The van der Waals surface area contributed by atoms with Crippen molar-refractivity contribution in [2.24, 2.45) is 0 Å². The number of hydrogen-bond acceptors (Lipinski definition) is 2. The van der Waals surface area contributed by atoms with Crippen LogP contribution in [0.25, 0.3) is 11.3 Å². The first-order valence-electron chi connectivity index (χ1n) is 7.92. The van der Waals surface area contributed by atoms with E-state index in [9.17, 15) is 0 Å². The first kappa shape index (κ1) is 17.5. The summed E-state index contributed by atoms with van der Waals surface area (Å²) in [5.41, 5.74) is 3.23. The molecule has 0 spiro atoms. The number of aryl methyl sites for hydroxylation is 1. The predicted molar refractivity (Wildman–Crippen MR) is 108 cm³/mol. The zero-order chi connectivity index (χ0) is 18.3. The van der Waals surface area contributed by atoms with Gasteiger partial charge < -0.3 is 9.30 Å². The highest BCUT2D eigenvalue weighted by molar-refractivity contribution is 9.10. The van der Waals surface area contributed by atoms with Crippen molar-refractivity contribution in [3.8, 4) is 11.4 Å². The zero-order valence-corrected chi connectivity index (χ0v) is 16.9. The third-order valence-electron chi connectivity index (χ3n) is 4.14. The molecule has 4 rings (SSSR count). The SMILES string of the molecule is Cc1nc2c(OCc3c(Cl)ccc(-n4cccc4)c3Cl)cccn2c1Br. The smallest absolute Gasteiger partial charge is 0.180 e. The Morgan fingerprint density at radius 3 is 2.62 bits per heavy atom. The van der Waals surface area contributed by atoms with E-state index in [1.165, 1.54) is 0 Å². The molecule has 0 bridgehead atoms. The molecule has 0 unspecified atom stereocenters. The molecule has 0 aliphatic rings. The van der Waals surface area contributed by atoms with Crippen LogP contribution in [0, 0.1) is 6.92 Å². The Hall–Kier alpha value is -1.95. The summed E-state index contributed by atoms with van der Waals surface area (Å²) in [6, 6.07) is 11.4. The van der Waals surface area contributed by atoms with Crippen molar-refractivity contribution >= 4 is 44.8 Å². The maximum absolute atomic E-state index is 6.61. The van der Waals surface area contributed by atoms with E-state index in [1.54, 1.807) is 0 Å². The number of hydrogen-bond donors (Lipinski definition) is 0. The van der Waals surface area contributed by atoms with Crippen LogP contribution in [0.1, 0.15) is 11.3 Å². The molecule has 0 atom stereocenters. The highest BCUT2D eigenvalue weighted by atomic mass is 79.9. The van der Waals surface area contributed by atoms with E-state index >= 15 is 0 Å². The molecule has 0 aliphatic heterocycles. The quantitative estimate of drug-likeness (QED) is 0.377. The zero-order valence-electron chi connectivity index (χ0n) is 13.8. The van der Waals surface area contributed by atoms with Crippen LogP contribution in [0.2, 0.25) is 10.0 Å². The molecule has 3 aromatic heterocycles. The Balaban J connectivity index is 1.69. The van der Waals surface area contributed by atoms with Gasteiger partial charge in [0.05, 0.1) is 16.4 Å². The van der Waals surface area contributed by atoms with Crippen molar-refractivity contribution in [2.75, 3.05) is 0 Å². The largest absolute Gasteiger partial charge is 0.485 e. The van der Waals surface area contributed by atoms with E-state index in [0.29, 0.717) is 15.8 Å². The summed E-state index contributed by atoms with van der Waals surface area (Å²) in [4.78, 5) is 4.55. The summed E-state index contributed by atoms with van der Waals surface area (Å²) >= 11 is 16.5. The van der Waals surface area contributed by atoms with Gasteiger partial charge in [-0.25, -0.2) is 4.98 Å². The number of nitrogens with zero attached hydrogens (tertiary/aromatic N) is 3. The standard InChI is InChI=1S/C19H14BrCl2N3O/c1-12-18(20)25-10-4-5-16(19(25)23-12)26-11-13-14(21)6-7-15(17(13)22)24-8-2-3-9-24/h2-10H,11H2,1H3. The molecule has 3 heterocycles. The molecule has 26 heavy (non-hydrogen) atoms. The number of halogens is 3. The van der Waals surface area contributed by atoms with E-state index in [2.05, 4.69) is 20.9 Å².